The van der Waals surface area contributed by atoms with E-state index in [1.807, 2.05) is 35.0 Å². The summed E-state index contributed by atoms with van der Waals surface area (Å²) in [6.07, 6.45) is 5.50. The monoisotopic (exact) mass is 309 g/mol. The quantitative estimate of drug-likeness (QED) is 0.786. The first-order valence-electron chi connectivity index (χ1n) is 7.28. The Hall–Kier alpha value is -2.95. The molecule has 0 aliphatic carbocycles. The number of benzene rings is 2. The molecular weight excluding hydrogens is 293 g/mol. The fourth-order valence-corrected chi connectivity index (χ4v) is 2.38. The zero-order chi connectivity index (χ0) is 16.1. The van der Waals surface area contributed by atoms with Gasteiger partial charge in [0.25, 0.3) is 0 Å². The number of aromatic nitrogens is 2. The molecule has 1 heterocycles. The van der Waals surface area contributed by atoms with Gasteiger partial charge in [0.2, 0.25) is 5.91 Å². The second-order valence-corrected chi connectivity index (χ2v) is 5.29. The van der Waals surface area contributed by atoms with Crippen LogP contribution in [0.3, 0.4) is 0 Å². The second-order valence-electron chi connectivity index (χ2n) is 5.29. The Morgan fingerprint density at radius 2 is 1.96 bits per heavy atom. The summed E-state index contributed by atoms with van der Waals surface area (Å²) in [7, 11) is 0. The van der Waals surface area contributed by atoms with Gasteiger partial charge in [-0.1, -0.05) is 24.3 Å². The Balaban J connectivity index is 1.64. The van der Waals surface area contributed by atoms with Crippen molar-refractivity contribution in [3.8, 4) is 0 Å². The molecule has 0 unspecified atom stereocenters. The zero-order valence-electron chi connectivity index (χ0n) is 12.4. The van der Waals surface area contributed by atoms with Crippen molar-refractivity contribution >= 4 is 11.6 Å². The van der Waals surface area contributed by atoms with E-state index >= 15 is 0 Å². The van der Waals surface area contributed by atoms with Gasteiger partial charge in [0.1, 0.15) is 5.82 Å². The molecule has 3 rings (SSSR count). The van der Waals surface area contributed by atoms with Crippen LogP contribution in [0.4, 0.5) is 10.1 Å². The predicted molar refractivity (Wildman–Crippen MR) is 86.5 cm³/mol. The number of amides is 1. The van der Waals surface area contributed by atoms with Crippen LogP contribution in [0.15, 0.2) is 67.3 Å². The van der Waals surface area contributed by atoms with Crippen molar-refractivity contribution in [3.05, 3.63) is 84.2 Å². The number of hydrogen-bond acceptors (Lipinski definition) is 2. The summed E-state index contributed by atoms with van der Waals surface area (Å²) in [6.45, 7) is 0.688. The smallest absolute Gasteiger partial charge is 0.228 e. The van der Waals surface area contributed by atoms with Gasteiger partial charge < -0.3 is 9.88 Å². The summed E-state index contributed by atoms with van der Waals surface area (Å²) in [4.78, 5) is 16.1. The van der Waals surface area contributed by atoms with Crippen molar-refractivity contribution in [2.24, 2.45) is 0 Å². The summed E-state index contributed by atoms with van der Waals surface area (Å²) in [5, 5.41) is 2.84. The lowest BCUT2D eigenvalue weighted by Gasteiger charge is -2.08. The minimum absolute atomic E-state index is 0.142. The van der Waals surface area contributed by atoms with E-state index in [2.05, 4.69) is 10.3 Å². The Morgan fingerprint density at radius 3 is 2.74 bits per heavy atom. The van der Waals surface area contributed by atoms with Crippen molar-refractivity contribution in [1.29, 1.82) is 0 Å². The van der Waals surface area contributed by atoms with E-state index in [1.165, 1.54) is 12.1 Å². The minimum Gasteiger partial charge on any atom is -0.333 e. The summed E-state index contributed by atoms with van der Waals surface area (Å²) in [5.41, 5.74) is 2.44. The number of nitrogens with one attached hydrogen (secondary N) is 1. The number of imidazole rings is 1. The summed E-state index contributed by atoms with van der Waals surface area (Å²) in [5.74, 6) is -0.506. The van der Waals surface area contributed by atoms with Crippen LogP contribution in [0.1, 0.15) is 11.1 Å². The van der Waals surface area contributed by atoms with E-state index in [0.29, 0.717) is 12.1 Å². The third-order valence-corrected chi connectivity index (χ3v) is 3.39. The number of halogens is 1. The molecule has 0 atom stereocenters. The SMILES string of the molecule is O=C(Cc1cccc(F)c1)Nc1cccc(Cn2ccnc2)c1. The Morgan fingerprint density at radius 1 is 1.13 bits per heavy atom. The van der Waals surface area contributed by atoms with Gasteiger partial charge in [-0.2, -0.15) is 0 Å². The van der Waals surface area contributed by atoms with E-state index in [-0.39, 0.29) is 18.1 Å². The minimum atomic E-state index is -0.336. The van der Waals surface area contributed by atoms with Crippen molar-refractivity contribution < 1.29 is 9.18 Å². The Bertz CT molecular complexity index is 800. The highest BCUT2D eigenvalue weighted by atomic mass is 19.1. The summed E-state index contributed by atoms with van der Waals surface area (Å²) in [6, 6.07) is 13.7. The average molecular weight is 309 g/mol. The third-order valence-electron chi connectivity index (χ3n) is 3.39. The first-order valence-corrected chi connectivity index (χ1v) is 7.28. The maximum atomic E-state index is 13.1. The van der Waals surface area contributed by atoms with Gasteiger partial charge in [0.15, 0.2) is 0 Å². The van der Waals surface area contributed by atoms with Crippen molar-refractivity contribution in [2.45, 2.75) is 13.0 Å². The standard InChI is InChI=1S/C18H16FN3O/c19-16-5-1-3-14(9-16)11-18(23)21-17-6-2-4-15(10-17)12-22-8-7-20-13-22/h1-10,13H,11-12H2,(H,21,23). The topological polar surface area (TPSA) is 46.9 Å². The van der Waals surface area contributed by atoms with Crippen LogP contribution in [-0.2, 0) is 17.8 Å². The van der Waals surface area contributed by atoms with E-state index in [1.54, 1.807) is 24.7 Å². The summed E-state index contributed by atoms with van der Waals surface area (Å²) < 4.78 is 15.1. The van der Waals surface area contributed by atoms with Crippen molar-refractivity contribution in [1.82, 2.24) is 9.55 Å². The molecule has 1 amide bonds. The van der Waals surface area contributed by atoms with Gasteiger partial charge in [0, 0.05) is 24.6 Å². The molecule has 1 N–H and O–H groups in total. The van der Waals surface area contributed by atoms with Crippen molar-refractivity contribution in [2.75, 3.05) is 5.32 Å². The van der Waals surface area contributed by atoms with Gasteiger partial charge >= 0.3 is 0 Å². The number of carbonyl (C=O) groups is 1. The van der Waals surface area contributed by atoms with Crippen LogP contribution < -0.4 is 5.32 Å². The van der Waals surface area contributed by atoms with E-state index in [9.17, 15) is 9.18 Å². The van der Waals surface area contributed by atoms with Crippen LogP contribution in [0, 0.1) is 5.82 Å². The fourth-order valence-electron chi connectivity index (χ4n) is 2.38. The number of rotatable bonds is 5. The van der Waals surface area contributed by atoms with Gasteiger partial charge in [-0.25, -0.2) is 9.37 Å². The first kappa shape index (κ1) is 15.0. The van der Waals surface area contributed by atoms with Gasteiger partial charge in [-0.15, -0.1) is 0 Å². The molecule has 0 radical (unpaired) electrons. The molecule has 0 aliphatic heterocycles. The van der Waals surface area contributed by atoms with Crippen molar-refractivity contribution in [3.63, 3.8) is 0 Å². The lowest BCUT2D eigenvalue weighted by Crippen LogP contribution is -2.14. The van der Waals surface area contributed by atoms with E-state index in [4.69, 9.17) is 0 Å². The maximum absolute atomic E-state index is 13.1. The molecular formula is C18H16FN3O. The largest absolute Gasteiger partial charge is 0.333 e. The Labute approximate surface area is 133 Å². The van der Waals surface area contributed by atoms with Crippen LogP contribution in [0.25, 0.3) is 0 Å². The predicted octanol–water partition coefficient (Wildman–Crippen LogP) is 3.25. The molecule has 23 heavy (non-hydrogen) atoms. The van der Waals surface area contributed by atoms with Crippen LogP contribution in [-0.4, -0.2) is 15.5 Å². The van der Waals surface area contributed by atoms with Gasteiger partial charge in [-0.05, 0) is 35.4 Å². The molecule has 0 saturated carbocycles. The number of hydrogen-bond donors (Lipinski definition) is 1. The normalized spacial score (nSPS) is 10.5. The number of anilines is 1. The van der Waals surface area contributed by atoms with Crippen LogP contribution >= 0.6 is 0 Å². The molecule has 1 aromatic heterocycles. The van der Waals surface area contributed by atoms with E-state index < -0.39 is 0 Å². The number of carbonyl (C=O) groups excluding carboxylic acids is 1. The Kier molecular flexibility index (Phi) is 4.47. The fraction of sp³-hybridized carbons (Fsp3) is 0.111. The molecule has 0 bridgehead atoms. The maximum Gasteiger partial charge on any atom is 0.228 e. The lowest BCUT2D eigenvalue weighted by atomic mass is 10.1. The molecule has 2 aromatic carbocycles. The highest BCUT2D eigenvalue weighted by Gasteiger charge is 2.06. The molecule has 0 saturated heterocycles. The summed E-state index contributed by atoms with van der Waals surface area (Å²) >= 11 is 0. The highest BCUT2D eigenvalue weighted by Crippen LogP contribution is 2.13. The molecule has 4 nitrogen and oxygen atoms in total. The van der Waals surface area contributed by atoms with Gasteiger partial charge in [0.05, 0.1) is 12.7 Å². The highest BCUT2D eigenvalue weighted by molar-refractivity contribution is 5.92. The van der Waals surface area contributed by atoms with E-state index in [0.717, 1.165) is 11.3 Å². The second kappa shape index (κ2) is 6.87. The molecule has 116 valence electrons. The van der Waals surface area contributed by atoms with Gasteiger partial charge in [-0.3, -0.25) is 4.79 Å². The molecule has 3 aromatic rings. The third kappa shape index (κ3) is 4.26. The van der Waals surface area contributed by atoms with Crippen LogP contribution in [0.5, 0.6) is 0 Å². The molecule has 0 aliphatic rings. The molecule has 5 heteroatoms. The lowest BCUT2D eigenvalue weighted by molar-refractivity contribution is -0.115. The molecule has 0 fully saturated rings. The first-order chi connectivity index (χ1) is 11.2. The zero-order valence-corrected chi connectivity index (χ0v) is 12.4. The van der Waals surface area contributed by atoms with Crippen LogP contribution in [0.2, 0.25) is 0 Å². The molecule has 0 spiro atoms. The number of nitrogens with zero attached hydrogens (tertiary/aromatic N) is 2. The average Bonchev–Trinajstić information content (AvgIpc) is 3.00.